The molecule has 8 nitrogen and oxygen atoms in total. The molecule has 4 heterocycles. The first-order valence-electron chi connectivity index (χ1n) is 15.0. The summed E-state index contributed by atoms with van der Waals surface area (Å²) in [6.07, 6.45) is 12.3. The molecule has 0 N–H and O–H groups in total. The number of likely N-dealkylation sites (tertiary alicyclic amines) is 1. The zero-order valence-corrected chi connectivity index (χ0v) is 23.7. The molecule has 3 aliphatic heterocycles. The number of imidazole rings is 1. The lowest BCUT2D eigenvalue weighted by atomic mass is 9.75. The van der Waals surface area contributed by atoms with E-state index in [4.69, 9.17) is 9.47 Å². The molecule has 6 rings (SSSR count). The van der Waals surface area contributed by atoms with Gasteiger partial charge < -0.3 is 23.8 Å². The molecule has 0 saturated carbocycles. The second-order valence-corrected chi connectivity index (χ2v) is 11.8. The third-order valence-corrected chi connectivity index (χ3v) is 9.09. The minimum absolute atomic E-state index is 0.0205. The number of hydrogen-bond acceptors (Lipinski definition) is 5. The highest BCUT2D eigenvalue weighted by Crippen LogP contribution is 2.38. The van der Waals surface area contributed by atoms with Crippen molar-refractivity contribution in [1.29, 1.82) is 0 Å². The number of fused-ring (bicyclic) bond motifs is 3. The number of amides is 2. The first-order valence-corrected chi connectivity index (χ1v) is 15.0. The van der Waals surface area contributed by atoms with Gasteiger partial charge in [0.25, 0.3) is 11.8 Å². The normalized spacial score (nSPS) is 21.6. The minimum Gasteiger partial charge on any atom is -0.493 e. The lowest BCUT2D eigenvalue weighted by Gasteiger charge is -2.42. The molecule has 2 saturated heterocycles. The Morgan fingerprint density at radius 2 is 1.88 bits per heavy atom. The lowest BCUT2D eigenvalue weighted by molar-refractivity contribution is 0.0331. The van der Waals surface area contributed by atoms with Crippen LogP contribution in [0.1, 0.15) is 71.2 Å². The van der Waals surface area contributed by atoms with Gasteiger partial charge in [-0.15, -0.1) is 0 Å². The highest BCUT2D eigenvalue weighted by atomic mass is 16.5. The van der Waals surface area contributed by atoms with Gasteiger partial charge in [-0.25, -0.2) is 4.98 Å². The standard InChI is InChI=1S/C33H40N4O4/c38-31-26-8-5-10-29(21-26)41-24-33(12-3-4-20-40-23-28-9-6-16-37(28)31)13-17-36(18-14-33)32(39)30-11-2-1-7-27(30)22-35-19-15-34-25-35/h1-2,5,7-8,10-11,15,19,21,25,28H,3-4,6,9,12-14,16-18,20,22-24H2/t28-/m0/s1. The topological polar surface area (TPSA) is 76.9 Å². The van der Waals surface area contributed by atoms with E-state index in [1.54, 1.807) is 12.5 Å². The van der Waals surface area contributed by atoms with E-state index in [0.717, 1.165) is 68.4 Å². The molecule has 1 spiro atoms. The fraction of sp³-hybridized carbons (Fsp3) is 0.485. The van der Waals surface area contributed by atoms with E-state index in [9.17, 15) is 9.59 Å². The van der Waals surface area contributed by atoms with Crippen LogP contribution in [0.25, 0.3) is 0 Å². The van der Waals surface area contributed by atoms with E-state index in [1.165, 1.54) is 0 Å². The minimum atomic E-state index is -0.0205. The zero-order valence-electron chi connectivity index (χ0n) is 23.7. The Bertz CT molecular complexity index is 1330. The van der Waals surface area contributed by atoms with Gasteiger partial charge in [-0.1, -0.05) is 30.7 Å². The number of aromatic nitrogens is 2. The Morgan fingerprint density at radius 3 is 2.73 bits per heavy atom. The number of rotatable bonds is 3. The van der Waals surface area contributed by atoms with E-state index in [-0.39, 0.29) is 23.3 Å². The quantitative estimate of drug-likeness (QED) is 0.452. The molecular weight excluding hydrogens is 516 g/mol. The van der Waals surface area contributed by atoms with Crippen molar-refractivity contribution in [2.75, 3.05) is 39.5 Å². The van der Waals surface area contributed by atoms with Crippen LogP contribution in [-0.4, -0.2) is 76.7 Å². The van der Waals surface area contributed by atoms with Gasteiger partial charge in [0.2, 0.25) is 0 Å². The number of hydrogen-bond donors (Lipinski definition) is 0. The average Bonchev–Trinajstić information content (AvgIpc) is 3.70. The Labute approximate surface area is 242 Å². The number of carbonyl (C=O) groups excluding carboxylic acids is 2. The fourth-order valence-electron chi connectivity index (χ4n) is 6.59. The van der Waals surface area contributed by atoms with Crippen molar-refractivity contribution < 1.29 is 19.1 Å². The maximum absolute atomic E-state index is 13.7. The van der Waals surface area contributed by atoms with Gasteiger partial charge in [0.15, 0.2) is 0 Å². The lowest BCUT2D eigenvalue weighted by Crippen LogP contribution is -2.45. The van der Waals surface area contributed by atoms with Gasteiger partial charge >= 0.3 is 0 Å². The number of ether oxygens (including phenoxy) is 2. The maximum atomic E-state index is 13.7. The Balaban J connectivity index is 1.15. The van der Waals surface area contributed by atoms with E-state index in [2.05, 4.69) is 4.98 Å². The van der Waals surface area contributed by atoms with Crippen LogP contribution in [0.2, 0.25) is 0 Å². The van der Waals surface area contributed by atoms with Gasteiger partial charge in [-0.2, -0.15) is 0 Å². The summed E-state index contributed by atoms with van der Waals surface area (Å²) in [4.78, 5) is 35.1. The molecule has 2 fully saturated rings. The first kappa shape index (κ1) is 27.5. The predicted molar refractivity (Wildman–Crippen MR) is 156 cm³/mol. The summed E-state index contributed by atoms with van der Waals surface area (Å²) < 4.78 is 14.5. The van der Waals surface area contributed by atoms with Crippen molar-refractivity contribution in [3.8, 4) is 5.75 Å². The van der Waals surface area contributed by atoms with Crippen molar-refractivity contribution in [1.82, 2.24) is 19.4 Å². The average molecular weight is 557 g/mol. The molecule has 41 heavy (non-hydrogen) atoms. The summed E-state index contributed by atoms with van der Waals surface area (Å²) in [6.45, 7) is 4.70. The Morgan fingerprint density at radius 1 is 1.00 bits per heavy atom. The summed E-state index contributed by atoms with van der Waals surface area (Å²) in [5.74, 6) is 0.893. The van der Waals surface area contributed by atoms with Crippen LogP contribution in [-0.2, 0) is 11.3 Å². The van der Waals surface area contributed by atoms with Gasteiger partial charge in [-0.05, 0) is 68.4 Å². The van der Waals surface area contributed by atoms with Crippen LogP contribution >= 0.6 is 0 Å². The fourth-order valence-corrected chi connectivity index (χ4v) is 6.59. The Hall–Kier alpha value is -3.65. The number of benzene rings is 2. The molecule has 1 atom stereocenters. The molecular formula is C33H40N4O4. The largest absolute Gasteiger partial charge is 0.493 e. The van der Waals surface area contributed by atoms with Crippen molar-refractivity contribution in [2.24, 2.45) is 5.41 Å². The summed E-state index contributed by atoms with van der Waals surface area (Å²) in [5, 5.41) is 0. The molecule has 216 valence electrons. The number of carbonyl (C=O) groups is 2. The smallest absolute Gasteiger partial charge is 0.254 e. The van der Waals surface area contributed by atoms with E-state index >= 15 is 0 Å². The molecule has 3 aromatic rings. The van der Waals surface area contributed by atoms with Crippen LogP contribution in [0.3, 0.4) is 0 Å². The third-order valence-electron chi connectivity index (χ3n) is 9.09. The Kier molecular flexibility index (Phi) is 8.37. The van der Waals surface area contributed by atoms with Crippen LogP contribution in [0.15, 0.2) is 67.3 Å². The SMILES string of the molecule is O=C(c1ccccc1Cn1ccnc1)N1CCC2(CCCCOC[C@@H]3CCCN3C(=O)c3cccc(c3)OC2)CC1. The number of piperidine rings is 1. The first-order chi connectivity index (χ1) is 20.1. The highest BCUT2D eigenvalue weighted by molar-refractivity contribution is 5.96. The molecule has 3 aliphatic rings. The van der Waals surface area contributed by atoms with Gasteiger partial charge in [0.05, 0.1) is 25.6 Å². The van der Waals surface area contributed by atoms with Crippen LogP contribution in [0.4, 0.5) is 0 Å². The summed E-state index contributed by atoms with van der Waals surface area (Å²) in [7, 11) is 0. The van der Waals surface area contributed by atoms with Crippen LogP contribution < -0.4 is 4.74 Å². The second kappa shape index (κ2) is 12.5. The molecule has 2 bridgehead atoms. The maximum Gasteiger partial charge on any atom is 0.254 e. The van der Waals surface area contributed by atoms with Crippen molar-refractivity contribution >= 4 is 11.8 Å². The van der Waals surface area contributed by atoms with Gasteiger partial charge in [0, 0.05) is 61.7 Å². The van der Waals surface area contributed by atoms with Crippen molar-refractivity contribution in [3.05, 3.63) is 83.9 Å². The third kappa shape index (κ3) is 6.32. The molecule has 0 aliphatic carbocycles. The van der Waals surface area contributed by atoms with Crippen molar-refractivity contribution in [3.63, 3.8) is 0 Å². The highest BCUT2D eigenvalue weighted by Gasteiger charge is 2.37. The van der Waals surface area contributed by atoms with Crippen LogP contribution in [0, 0.1) is 5.41 Å². The molecule has 0 unspecified atom stereocenters. The van der Waals surface area contributed by atoms with Crippen molar-refractivity contribution in [2.45, 2.75) is 57.5 Å². The molecule has 0 radical (unpaired) electrons. The van der Waals surface area contributed by atoms with Gasteiger partial charge in [0.1, 0.15) is 5.75 Å². The monoisotopic (exact) mass is 556 g/mol. The van der Waals surface area contributed by atoms with Crippen LogP contribution in [0.5, 0.6) is 5.75 Å². The van der Waals surface area contributed by atoms with E-state index in [0.29, 0.717) is 45.0 Å². The zero-order chi connectivity index (χ0) is 28.1. The van der Waals surface area contributed by atoms with E-state index in [1.807, 2.05) is 69.1 Å². The van der Waals surface area contributed by atoms with E-state index < -0.39 is 0 Å². The molecule has 2 amide bonds. The predicted octanol–water partition coefficient (Wildman–Crippen LogP) is 5.04. The van der Waals surface area contributed by atoms with Gasteiger partial charge in [-0.3, -0.25) is 9.59 Å². The molecule has 1 aromatic heterocycles. The molecule has 2 aromatic carbocycles. The second-order valence-electron chi connectivity index (χ2n) is 11.8. The number of nitrogens with zero attached hydrogens (tertiary/aromatic N) is 4. The summed E-state index contributed by atoms with van der Waals surface area (Å²) in [6, 6.07) is 15.7. The molecule has 8 heteroatoms. The summed E-state index contributed by atoms with van der Waals surface area (Å²) >= 11 is 0. The summed E-state index contributed by atoms with van der Waals surface area (Å²) in [5.41, 5.74) is 2.42.